The van der Waals surface area contributed by atoms with Crippen LogP contribution in [0.3, 0.4) is 0 Å². The number of rotatable bonds is 6. The average molecular weight is 297 g/mol. The number of aliphatic hydroxyl groups excluding tert-OH is 1. The Hall–Kier alpha value is -1.06. The lowest BCUT2D eigenvalue weighted by Gasteiger charge is -2.16. The van der Waals surface area contributed by atoms with Crippen LogP contribution in [-0.2, 0) is 16.6 Å². The van der Waals surface area contributed by atoms with Gasteiger partial charge in [-0.3, -0.25) is 4.68 Å². The predicted molar refractivity (Wildman–Crippen MR) is 64.6 cm³/mol. The van der Waals surface area contributed by atoms with Gasteiger partial charge < -0.3 is 5.11 Å². The maximum absolute atomic E-state index is 12.3. The molecule has 0 unspecified atom stereocenters. The molecule has 0 saturated carbocycles. The highest BCUT2D eigenvalue weighted by molar-refractivity contribution is 7.89. The summed E-state index contributed by atoms with van der Waals surface area (Å²) in [4.78, 5) is -0.0795. The molecule has 110 valence electrons. The molecule has 0 atom stereocenters. The Balaban J connectivity index is 3.21. The highest BCUT2D eigenvalue weighted by Gasteiger charge is 2.30. The number of aromatic nitrogens is 2. The van der Waals surface area contributed by atoms with E-state index >= 15 is 0 Å². The van der Waals surface area contributed by atoms with Gasteiger partial charge in [0.25, 0.3) is 6.43 Å². The summed E-state index contributed by atoms with van der Waals surface area (Å²) in [5.74, 6) is 0. The molecule has 1 aromatic rings. The minimum atomic E-state index is -4.00. The van der Waals surface area contributed by atoms with Crippen molar-refractivity contribution in [2.24, 2.45) is 0 Å². The first-order valence-corrected chi connectivity index (χ1v) is 7.05. The Morgan fingerprint density at radius 2 is 2.00 bits per heavy atom. The summed E-state index contributed by atoms with van der Waals surface area (Å²) in [5, 5.41) is 12.8. The molecule has 0 saturated heterocycles. The zero-order valence-electron chi connectivity index (χ0n) is 11.0. The number of sulfonamides is 1. The summed E-state index contributed by atoms with van der Waals surface area (Å²) >= 11 is 0. The Bertz CT molecular complexity index is 542. The lowest BCUT2D eigenvalue weighted by molar-refractivity contribution is 0.126. The quantitative estimate of drug-likeness (QED) is 0.823. The second kappa shape index (κ2) is 5.93. The minimum Gasteiger partial charge on any atom is -0.394 e. The second-order valence-corrected chi connectivity index (χ2v) is 6.11. The minimum absolute atomic E-state index is 0.0795. The molecule has 0 bridgehead atoms. The first kappa shape index (κ1) is 16.0. The number of aryl methyl sites for hydroxylation is 1. The smallest absolute Gasteiger partial charge is 0.252 e. The largest absolute Gasteiger partial charge is 0.394 e. The van der Waals surface area contributed by atoms with Crippen LogP contribution >= 0.6 is 0 Å². The molecule has 0 aliphatic carbocycles. The highest BCUT2D eigenvalue weighted by atomic mass is 32.2. The fourth-order valence-corrected chi connectivity index (χ4v) is 3.33. The van der Waals surface area contributed by atoms with Gasteiger partial charge in [0, 0.05) is 7.05 Å². The van der Waals surface area contributed by atoms with Crippen molar-refractivity contribution in [3.05, 3.63) is 11.4 Å². The molecule has 0 aromatic carbocycles. The molecular formula is C10H17F2N3O3S. The lowest BCUT2D eigenvalue weighted by Crippen LogP contribution is -2.32. The highest BCUT2D eigenvalue weighted by Crippen LogP contribution is 2.23. The number of aliphatic hydroxyl groups is 1. The summed E-state index contributed by atoms with van der Waals surface area (Å²) < 4.78 is 51.0. The molecule has 0 aliphatic rings. The topological polar surface area (TPSA) is 75.4 Å². The molecule has 0 fully saturated rings. The number of halogens is 2. The maximum Gasteiger partial charge on any atom is 0.252 e. The molecule has 9 heteroatoms. The van der Waals surface area contributed by atoms with Gasteiger partial charge >= 0.3 is 0 Å². The summed E-state index contributed by atoms with van der Waals surface area (Å²) in [6.45, 7) is 2.12. The standard InChI is InChI=1S/C10H17F2N3O3S/c1-7-10(8(2)15(13-7)4-5-16)19(17,18)14(3)6-9(11)12/h9,16H,4-6H2,1-3H3. The fourth-order valence-electron chi connectivity index (χ4n) is 1.81. The zero-order chi connectivity index (χ0) is 14.8. The molecule has 1 aromatic heterocycles. The van der Waals surface area contributed by atoms with Gasteiger partial charge in [-0.2, -0.15) is 9.40 Å². The Labute approximate surface area is 110 Å². The van der Waals surface area contributed by atoms with Crippen LogP contribution in [0.15, 0.2) is 4.90 Å². The second-order valence-electron chi connectivity index (χ2n) is 4.12. The van der Waals surface area contributed by atoms with E-state index < -0.39 is 23.0 Å². The summed E-state index contributed by atoms with van der Waals surface area (Å²) in [7, 11) is -2.90. The van der Waals surface area contributed by atoms with Crippen molar-refractivity contribution >= 4 is 10.0 Å². The van der Waals surface area contributed by atoms with Crippen LogP contribution in [0.1, 0.15) is 11.4 Å². The molecule has 6 nitrogen and oxygen atoms in total. The van der Waals surface area contributed by atoms with Crippen LogP contribution in [-0.4, -0.2) is 54.2 Å². The van der Waals surface area contributed by atoms with Crippen molar-refractivity contribution in [2.45, 2.75) is 31.7 Å². The van der Waals surface area contributed by atoms with E-state index in [1.54, 1.807) is 0 Å². The van der Waals surface area contributed by atoms with Gasteiger partial charge in [0.15, 0.2) is 0 Å². The zero-order valence-corrected chi connectivity index (χ0v) is 11.8. The molecule has 0 amide bonds. The molecule has 0 radical (unpaired) electrons. The maximum atomic E-state index is 12.3. The number of nitrogens with zero attached hydrogens (tertiary/aromatic N) is 3. The summed E-state index contributed by atoms with van der Waals surface area (Å²) in [6, 6.07) is 0. The van der Waals surface area contributed by atoms with E-state index in [0.717, 1.165) is 7.05 Å². The van der Waals surface area contributed by atoms with E-state index in [4.69, 9.17) is 5.11 Å². The van der Waals surface area contributed by atoms with Gasteiger partial charge in [-0.05, 0) is 13.8 Å². The SMILES string of the molecule is Cc1nn(CCO)c(C)c1S(=O)(=O)N(C)CC(F)F. The van der Waals surface area contributed by atoms with E-state index in [9.17, 15) is 17.2 Å². The van der Waals surface area contributed by atoms with Crippen molar-refractivity contribution in [3.63, 3.8) is 0 Å². The van der Waals surface area contributed by atoms with Gasteiger partial charge in [-0.1, -0.05) is 0 Å². The first-order valence-electron chi connectivity index (χ1n) is 5.61. The monoisotopic (exact) mass is 297 g/mol. The van der Waals surface area contributed by atoms with E-state index in [1.807, 2.05) is 0 Å². The van der Waals surface area contributed by atoms with Crippen molar-refractivity contribution in [1.29, 1.82) is 0 Å². The fraction of sp³-hybridized carbons (Fsp3) is 0.700. The van der Waals surface area contributed by atoms with Gasteiger partial charge in [0.05, 0.1) is 31.1 Å². The van der Waals surface area contributed by atoms with E-state index in [-0.39, 0.29) is 23.7 Å². The molecule has 1 rings (SSSR count). The van der Waals surface area contributed by atoms with Crippen molar-refractivity contribution in [2.75, 3.05) is 20.2 Å². The third-order valence-electron chi connectivity index (χ3n) is 2.69. The average Bonchev–Trinajstić information content (AvgIpc) is 2.54. The van der Waals surface area contributed by atoms with Gasteiger partial charge in [0.2, 0.25) is 10.0 Å². The van der Waals surface area contributed by atoms with E-state index in [1.165, 1.54) is 18.5 Å². The molecule has 1 N–H and O–H groups in total. The lowest BCUT2D eigenvalue weighted by atomic mass is 10.4. The van der Waals surface area contributed by atoms with Gasteiger partial charge in [-0.15, -0.1) is 0 Å². The van der Waals surface area contributed by atoms with E-state index in [2.05, 4.69) is 5.10 Å². The Kier molecular flexibility index (Phi) is 4.99. The first-order chi connectivity index (χ1) is 8.71. The van der Waals surface area contributed by atoms with Crippen LogP contribution in [0.4, 0.5) is 8.78 Å². The van der Waals surface area contributed by atoms with Crippen molar-refractivity contribution in [3.8, 4) is 0 Å². The normalized spacial score (nSPS) is 12.6. The number of hydrogen-bond acceptors (Lipinski definition) is 4. The Morgan fingerprint density at radius 1 is 1.42 bits per heavy atom. The van der Waals surface area contributed by atoms with Crippen LogP contribution in [0, 0.1) is 13.8 Å². The molecular weight excluding hydrogens is 280 g/mol. The van der Waals surface area contributed by atoms with Crippen molar-refractivity contribution in [1.82, 2.24) is 14.1 Å². The molecule has 0 spiro atoms. The molecule has 19 heavy (non-hydrogen) atoms. The predicted octanol–water partition coefficient (Wildman–Crippen LogP) is 0.378. The molecule has 1 heterocycles. The van der Waals surface area contributed by atoms with Gasteiger partial charge in [0.1, 0.15) is 4.90 Å². The summed E-state index contributed by atoms with van der Waals surface area (Å²) in [5.41, 5.74) is 0.555. The van der Waals surface area contributed by atoms with Crippen LogP contribution in [0.2, 0.25) is 0 Å². The number of alkyl halides is 2. The van der Waals surface area contributed by atoms with Crippen LogP contribution in [0.25, 0.3) is 0 Å². The third-order valence-corrected chi connectivity index (χ3v) is 4.77. The number of hydrogen-bond donors (Lipinski definition) is 1. The van der Waals surface area contributed by atoms with Crippen LogP contribution < -0.4 is 0 Å². The van der Waals surface area contributed by atoms with Crippen LogP contribution in [0.5, 0.6) is 0 Å². The summed E-state index contributed by atoms with van der Waals surface area (Å²) in [6.07, 6.45) is -2.74. The van der Waals surface area contributed by atoms with Crippen molar-refractivity contribution < 1.29 is 22.3 Å². The Morgan fingerprint density at radius 3 is 2.47 bits per heavy atom. The van der Waals surface area contributed by atoms with E-state index in [0.29, 0.717) is 10.00 Å². The third kappa shape index (κ3) is 3.28. The molecule has 0 aliphatic heterocycles. The van der Waals surface area contributed by atoms with Gasteiger partial charge in [-0.25, -0.2) is 17.2 Å².